The molecule has 2 aliphatic rings. The zero-order chi connectivity index (χ0) is 28.9. The van der Waals surface area contributed by atoms with Gasteiger partial charge in [0.1, 0.15) is 12.9 Å². The van der Waals surface area contributed by atoms with Gasteiger partial charge >= 0.3 is 0 Å². The van der Waals surface area contributed by atoms with E-state index in [-0.39, 0.29) is 6.61 Å². The molecule has 0 unspecified atom stereocenters. The second-order valence-corrected chi connectivity index (χ2v) is 10.1. The highest BCUT2D eigenvalue weighted by Gasteiger charge is 2.32. The third kappa shape index (κ3) is 6.07. The van der Waals surface area contributed by atoms with Crippen molar-refractivity contribution in [3.8, 4) is 11.5 Å². The highest BCUT2D eigenvalue weighted by atomic mass is 35.5. The zero-order valence-electron chi connectivity index (χ0n) is 22.6. The van der Waals surface area contributed by atoms with E-state index in [0.717, 1.165) is 22.6 Å². The number of ether oxygens (including phenoxy) is 2. The Bertz CT molecular complexity index is 1660. The molecule has 42 heavy (non-hydrogen) atoms. The van der Waals surface area contributed by atoms with E-state index in [2.05, 4.69) is 21.2 Å². The number of nitrogens with one attached hydrogen (secondary N) is 3. The summed E-state index contributed by atoms with van der Waals surface area (Å²) in [7, 11) is 0. The monoisotopic (exact) mass is 599 g/mol. The van der Waals surface area contributed by atoms with Gasteiger partial charge in [-0.25, -0.2) is 10.0 Å². The topological polar surface area (TPSA) is 85.8 Å². The summed E-state index contributed by atoms with van der Waals surface area (Å²) in [6, 6.07) is 30.7. The minimum atomic E-state index is 0.261. The van der Waals surface area contributed by atoms with Crippen LogP contribution < -0.4 is 30.5 Å². The molecule has 212 valence electrons. The Hall–Kier alpha value is -4.86. The number of fused-ring (bicyclic) bond motifs is 1. The molecule has 2 aliphatic heterocycles. The van der Waals surface area contributed by atoms with Gasteiger partial charge in [-0.05, 0) is 55.5 Å². The second-order valence-electron chi connectivity index (χ2n) is 9.23. The van der Waals surface area contributed by atoms with Crippen molar-refractivity contribution < 1.29 is 9.47 Å². The maximum atomic E-state index is 6.35. The first-order valence-corrected chi connectivity index (χ1v) is 14.0. The number of hydrogen-bond acceptors (Lipinski definition) is 9. The van der Waals surface area contributed by atoms with Gasteiger partial charge in [-0.3, -0.25) is 5.43 Å². The van der Waals surface area contributed by atoms with E-state index < -0.39 is 0 Å². The number of benzene rings is 4. The van der Waals surface area contributed by atoms with Crippen LogP contribution in [0.1, 0.15) is 12.5 Å². The largest absolute Gasteiger partial charge is 0.490 e. The van der Waals surface area contributed by atoms with Crippen LogP contribution in [0, 0.1) is 0 Å². The van der Waals surface area contributed by atoms with Crippen LogP contribution >= 0.6 is 23.2 Å². The molecule has 0 atom stereocenters. The van der Waals surface area contributed by atoms with E-state index in [4.69, 9.17) is 37.7 Å². The highest BCUT2D eigenvalue weighted by molar-refractivity contribution is 6.35. The van der Waals surface area contributed by atoms with Crippen LogP contribution in [0.5, 0.6) is 11.5 Å². The molecule has 0 amide bonds. The lowest BCUT2D eigenvalue weighted by Gasteiger charge is -2.30. The van der Waals surface area contributed by atoms with E-state index in [1.807, 2.05) is 91.9 Å². The molecule has 0 saturated heterocycles. The van der Waals surface area contributed by atoms with E-state index >= 15 is 0 Å². The quantitative estimate of drug-likeness (QED) is 0.187. The maximum absolute atomic E-state index is 6.35. The highest BCUT2D eigenvalue weighted by Crippen LogP contribution is 2.37. The zero-order valence-corrected chi connectivity index (χ0v) is 24.1. The third-order valence-corrected chi connectivity index (χ3v) is 6.90. The van der Waals surface area contributed by atoms with Gasteiger partial charge in [0.2, 0.25) is 5.96 Å². The number of aliphatic imine (C=N–C) groups is 1. The molecule has 0 saturated carbocycles. The molecule has 0 spiro atoms. The molecule has 4 aromatic carbocycles. The Morgan fingerprint density at radius 2 is 1.55 bits per heavy atom. The average Bonchev–Trinajstić information content (AvgIpc) is 3.43. The number of para-hydroxylation sites is 2. The van der Waals surface area contributed by atoms with Crippen molar-refractivity contribution in [2.45, 2.75) is 13.5 Å². The van der Waals surface area contributed by atoms with Crippen LogP contribution in [0.25, 0.3) is 0 Å². The number of nitrogens with zero attached hydrogens (tertiary/aromatic N) is 4. The number of anilines is 3. The van der Waals surface area contributed by atoms with Gasteiger partial charge in [0, 0.05) is 33.0 Å². The summed E-state index contributed by atoms with van der Waals surface area (Å²) in [5.41, 5.74) is 6.65. The van der Waals surface area contributed by atoms with Crippen LogP contribution in [-0.4, -0.2) is 23.9 Å². The molecule has 4 aromatic rings. The van der Waals surface area contributed by atoms with E-state index in [1.165, 1.54) is 0 Å². The molecule has 11 heteroatoms. The number of hydrazone groups is 1. The van der Waals surface area contributed by atoms with Crippen molar-refractivity contribution in [2.24, 2.45) is 10.1 Å². The molecule has 0 aliphatic carbocycles. The van der Waals surface area contributed by atoms with E-state index in [0.29, 0.717) is 45.8 Å². The van der Waals surface area contributed by atoms with Crippen LogP contribution in [0.2, 0.25) is 10.0 Å². The van der Waals surface area contributed by atoms with Gasteiger partial charge in [-0.1, -0.05) is 65.7 Å². The van der Waals surface area contributed by atoms with Gasteiger partial charge in [-0.15, -0.1) is 0 Å². The lowest BCUT2D eigenvalue weighted by Crippen LogP contribution is -2.48. The van der Waals surface area contributed by atoms with Gasteiger partial charge < -0.3 is 20.1 Å². The summed E-state index contributed by atoms with van der Waals surface area (Å²) in [4.78, 5) is 4.87. The first-order chi connectivity index (χ1) is 20.6. The average molecular weight is 601 g/mol. The summed E-state index contributed by atoms with van der Waals surface area (Å²) in [5.74, 6) is 2.97. The van der Waals surface area contributed by atoms with Crippen molar-refractivity contribution >= 4 is 52.6 Å². The fourth-order valence-corrected chi connectivity index (χ4v) is 4.83. The van der Waals surface area contributed by atoms with Crippen molar-refractivity contribution in [3.05, 3.63) is 124 Å². The maximum Gasteiger partial charge on any atom is 0.222 e. The van der Waals surface area contributed by atoms with Gasteiger partial charge in [0.15, 0.2) is 23.1 Å². The molecule has 6 rings (SSSR count). The molecular weight excluding hydrogens is 573 g/mol. The van der Waals surface area contributed by atoms with Crippen LogP contribution in [0.15, 0.2) is 119 Å². The smallest absolute Gasteiger partial charge is 0.222 e. The predicted molar refractivity (Wildman–Crippen MR) is 169 cm³/mol. The normalized spacial score (nSPS) is 13.8. The summed E-state index contributed by atoms with van der Waals surface area (Å²) >= 11 is 12.4. The molecule has 0 fully saturated rings. The Morgan fingerprint density at radius 3 is 2.26 bits per heavy atom. The lowest BCUT2D eigenvalue weighted by atomic mass is 10.2. The predicted octanol–water partition coefficient (Wildman–Crippen LogP) is 7.26. The standard InChI is InChI=1S/C31H27Cl2N7O2/c1-2-41-28-18-25(15-16-27(28)42-19-21-13-14-22(32)17-26(21)33)40-30-29(35-23-9-5-3-6-10-23)37-31(38-39(30)20-34-40)36-24-11-7-4-8-12-24/h3-18,20,35H,2,19H2,1H3,(H2,36,37,38). The molecular formula is C31H27Cl2N7O2. The molecule has 0 radical (unpaired) electrons. The van der Waals surface area contributed by atoms with Crippen molar-refractivity contribution in [2.75, 3.05) is 22.2 Å². The second kappa shape index (κ2) is 12.3. The Labute approximate surface area is 253 Å². The van der Waals surface area contributed by atoms with Crippen LogP contribution in [0.4, 0.5) is 17.1 Å². The van der Waals surface area contributed by atoms with Gasteiger partial charge in [0.05, 0.1) is 12.3 Å². The van der Waals surface area contributed by atoms with Crippen LogP contribution in [0.3, 0.4) is 0 Å². The molecule has 2 heterocycles. The summed E-state index contributed by atoms with van der Waals surface area (Å²) in [6.07, 6.45) is 1.69. The minimum absolute atomic E-state index is 0.261. The number of halogens is 2. The SMILES string of the molecule is CCOc1cc(N2N=CN3NC(Nc4ccccc4)=NC(Nc4ccccc4)=C32)ccc1OCc1ccc(Cl)cc1Cl. The third-order valence-electron chi connectivity index (χ3n) is 6.32. The number of hydrazine groups is 1. The van der Waals surface area contributed by atoms with Crippen molar-refractivity contribution in [1.82, 2.24) is 10.4 Å². The lowest BCUT2D eigenvalue weighted by molar-refractivity contribution is 0.269. The fourth-order valence-electron chi connectivity index (χ4n) is 4.37. The first kappa shape index (κ1) is 27.3. The van der Waals surface area contributed by atoms with Crippen molar-refractivity contribution in [1.29, 1.82) is 0 Å². The Balaban J connectivity index is 1.31. The van der Waals surface area contributed by atoms with Crippen LogP contribution in [-0.2, 0) is 6.61 Å². The fraction of sp³-hybridized carbons (Fsp3) is 0.0968. The van der Waals surface area contributed by atoms with Gasteiger partial charge in [0.25, 0.3) is 0 Å². The summed E-state index contributed by atoms with van der Waals surface area (Å²) in [6.45, 7) is 2.64. The minimum Gasteiger partial charge on any atom is -0.490 e. The Morgan fingerprint density at radius 1 is 0.810 bits per heavy atom. The van der Waals surface area contributed by atoms with E-state index in [1.54, 1.807) is 28.5 Å². The summed E-state index contributed by atoms with van der Waals surface area (Å²) < 4.78 is 12.1. The number of guanidine groups is 1. The number of rotatable bonds is 9. The molecule has 3 N–H and O–H groups in total. The molecule has 0 bridgehead atoms. The summed E-state index contributed by atoms with van der Waals surface area (Å²) in [5, 5.41) is 16.1. The van der Waals surface area contributed by atoms with Gasteiger partial charge in [-0.2, -0.15) is 10.1 Å². The molecule has 9 nitrogen and oxygen atoms in total. The molecule has 0 aromatic heterocycles. The van der Waals surface area contributed by atoms with E-state index in [9.17, 15) is 0 Å². The Kier molecular flexibility index (Phi) is 8.02. The number of hydrogen-bond donors (Lipinski definition) is 3. The first-order valence-electron chi connectivity index (χ1n) is 13.3. The van der Waals surface area contributed by atoms with Crippen molar-refractivity contribution in [3.63, 3.8) is 0 Å².